The molecule has 0 N–H and O–H groups in total. The average molecular weight is 531 g/mol. The van der Waals surface area contributed by atoms with Crippen LogP contribution in [0.1, 0.15) is 67.1 Å². The monoisotopic (exact) mass is 530 g/mol. The zero-order valence-electron chi connectivity index (χ0n) is 20.8. The summed E-state index contributed by atoms with van der Waals surface area (Å²) >= 11 is 0. The van der Waals surface area contributed by atoms with Crippen molar-refractivity contribution in [2.75, 3.05) is 24.5 Å². The van der Waals surface area contributed by atoms with Crippen LogP contribution in [0.2, 0.25) is 0 Å². The molecular formula is C28H29F3N2O5. The van der Waals surface area contributed by atoms with E-state index in [1.807, 2.05) is 42.5 Å². The summed E-state index contributed by atoms with van der Waals surface area (Å²) in [4.78, 5) is 32.8. The Morgan fingerprint density at radius 1 is 0.974 bits per heavy atom. The molecule has 0 unspecified atom stereocenters. The topological polar surface area (TPSA) is 76.2 Å². The van der Waals surface area contributed by atoms with Gasteiger partial charge in [0, 0.05) is 38.2 Å². The van der Waals surface area contributed by atoms with Crippen LogP contribution in [0.25, 0.3) is 0 Å². The number of carbonyl (C=O) groups excluding carboxylic acids is 3. The lowest BCUT2D eigenvalue weighted by molar-refractivity contribution is -0.275. The van der Waals surface area contributed by atoms with E-state index in [9.17, 15) is 18.0 Å². The number of para-hydroxylation sites is 1. The van der Waals surface area contributed by atoms with Gasteiger partial charge in [0.15, 0.2) is 0 Å². The molecule has 10 heteroatoms. The molecule has 4 aliphatic rings. The van der Waals surface area contributed by atoms with Crippen molar-refractivity contribution >= 4 is 17.9 Å². The van der Waals surface area contributed by atoms with E-state index in [2.05, 4.69) is 9.64 Å². The van der Waals surface area contributed by atoms with Crippen molar-refractivity contribution in [3.63, 3.8) is 0 Å². The fourth-order valence-corrected chi connectivity index (χ4v) is 5.53. The summed E-state index contributed by atoms with van der Waals surface area (Å²) < 4.78 is 50.0. The Kier molecular flexibility index (Phi) is 7.20. The van der Waals surface area contributed by atoms with E-state index in [1.165, 1.54) is 0 Å². The van der Waals surface area contributed by atoms with Crippen LogP contribution in [0.4, 0.5) is 23.7 Å². The van der Waals surface area contributed by atoms with Gasteiger partial charge >= 0.3 is 18.6 Å². The maximum atomic E-state index is 13.2. The molecule has 2 aromatic rings. The maximum Gasteiger partial charge on any atom is 0.573 e. The molecule has 2 aliphatic carbocycles. The van der Waals surface area contributed by atoms with Crippen molar-refractivity contribution in [3.05, 3.63) is 59.2 Å². The Morgan fingerprint density at radius 3 is 2.03 bits per heavy atom. The van der Waals surface area contributed by atoms with E-state index in [0.717, 1.165) is 74.0 Å². The number of ether oxygens (including phenoxy) is 2. The van der Waals surface area contributed by atoms with Gasteiger partial charge < -0.3 is 9.47 Å². The molecule has 2 heterocycles. The van der Waals surface area contributed by atoms with E-state index in [0.29, 0.717) is 13.1 Å². The summed E-state index contributed by atoms with van der Waals surface area (Å²) in [5, 5.41) is 0. The third-order valence-electron chi connectivity index (χ3n) is 7.67. The maximum absolute atomic E-state index is 13.2. The molecule has 0 aromatic heterocycles. The zero-order chi connectivity index (χ0) is 26.9. The molecule has 202 valence electrons. The van der Waals surface area contributed by atoms with Crippen molar-refractivity contribution < 1.29 is 37.0 Å². The number of hydrogen-bond acceptors (Lipinski definition) is 6. The summed E-state index contributed by atoms with van der Waals surface area (Å²) in [6, 6.07) is 13.4. The number of amides is 1. The molecule has 4 fully saturated rings. The van der Waals surface area contributed by atoms with Crippen LogP contribution < -0.4 is 9.64 Å². The first kappa shape index (κ1) is 26.3. The van der Waals surface area contributed by atoms with Gasteiger partial charge in [0.1, 0.15) is 11.4 Å². The lowest BCUT2D eigenvalue weighted by atomic mass is 9.90. The SMILES string of the molecule is O=C1OC2(CCN(Cc3cc(C4CC4)c(OC(F)(F)F)c(C4CC4)c3)CC2)CN1c1ccccc1.O=C=O. The molecule has 6 rings (SSSR count). The van der Waals surface area contributed by atoms with Crippen LogP contribution >= 0.6 is 0 Å². The van der Waals surface area contributed by atoms with Gasteiger partial charge in [0.05, 0.1) is 6.54 Å². The van der Waals surface area contributed by atoms with Gasteiger partial charge in [0.25, 0.3) is 0 Å². The third-order valence-corrected chi connectivity index (χ3v) is 7.67. The first-order chi connectivity index (χ1) is 18.2. The minimum absolute atomic E-state index is 0.0581. The Morgan fingerprint density at radius 2 is 1.53 bits per heavy atom. The fourth-order valence-electron chi connectivity index (χ4n) is 5.53. The summed E-state index contributed by atoms with van der Waals surface area (Å²) in [7, 11) is 0. The molecule has 38 heavy (non-hydrogen) atoms. The number of benzene rings is 2. The Balaban J connectivity index is 0.000000937. The Labute approximate surface area is 218 Å². The van der Waals surface area contributed by atoms with Crippen molar-refractivity contribution in [3.8, 4) is 5.75 Å². The van der Waals surface area contributed by atoms with Crippen LogP contribution in [-0.4, -0.2) is 48.7 Å². The molecule has 7 nitrogen and oxygen atoms in total. The summed E-state index contributed by atoms with van der Waals surface area (Å²) in [5.41, 5.74) is 2.86. The highest BCUT2D eigenvalue weighted by molar-refractivity contribution is 5.90. The molecule has 1 spiro atoms. The standard InChI is InChI=1S/C27H29F3N2O3.CO2/c28-27(29,30)34-24-22(19-6-7-19)14-18(15-23(24)20-8-9-20)16-31-12-10-26(11-13-31)17-32(25(33)35-26)21-4-2-1-3-5-21;2-1-3/h1-5,14-15,19-20H,6-13,16-17H2;. The van der Waals surface area contributed by atoms with E-state index in [4.69, 9.17) is 14.3 Å². The number of alkyl halides is 3. The van der Waals surface area contributed by atoms with Crippen LogP contribution in [0.15, 0.2) is 42.5 Å². The van der Waals surface area contributed by atoms with Gasteiger partial charge in [-0.25, -0.2) is 4.79 Å². The van der Waals surface area contributed by atoms with Crippen LogP contribution in [0.5, 0.6) is 5.75 Å². The number of anilines is 1. The lowest BCUT2D eigenvalue weighted by Gasteiger charge is -2.37. The summed E-state index contributed by atoms with van der Waals surface area (Å²) in [6.45, 7) is 2.77. The van der Waals surface area contributed by atoms with E-state index in [-0.39, 0.29) is 29.8 Å². The minimum Gasteiger partial charge on any atom is -0.441 e. The molecule has 0 bridgehead atoms. The Bertz CT molecular complexity index is 1160. The molecule has 1 amide bonds. The molecule has 2 aliphatic heterocycles. The fraction of sp³-hybridized carbons (Fsp3) is 0.500. The largest absolute Gasteiger partial charge is 0.573 e. The smallest absolute Gasteiger partial charge is 0.441 e. The van der Waals surface area contributed by atoms with Crippen molar-refractivity contribution in [1.29, 1.82) is 0 Å². The predicted octanol–water partition coefficient (Wildman–Crippen LogP) is 5.75. The van der Waals surface area contributed by atoms with Crippen LogP contribution in [-0.2, 0) is 20.9 Å². The zero-order valence-corrected chi connectivity index (χ0v) is 20.8. The highest BCUT2D eigenvalue weighted by atomic mass is 19.4. The second kappa shape index (κ2) is 10.4. The van der Waals surface area contributed by atoms with Gasteiger partial charge in [-0.15, -0.1) is 13.2 Å². The number of carbonyl (C=O) groups is 1. The van der Waals surface area contributed by atoms with Gasteiger partial charge in [-0.3, -0.25) is 9.80 Å². The molecule has 0 atom stereocenters. The minimum atomic E-state index is -4.68. The van der Waals surface area contributed by atoms with Gasteiger partial charge in [-0.1, -0.05) is 30.3 Å². The average Bonchev–Trinajstić information content (AvgIpc) is 3.79. The third kappa shape index (κ3) is 6.03. The number of rotatable bonds is 6. The van der Waals surface area contributed by atoms with Gasteiger partial charge in [-0.05, 0) is 66.3 Å². The number of hydrogen-bond donors (Lipinski definition) is 0. The Hall–Kier alpha value is -3.36. The van der Waals surface area contributed by atoms with Gasteiger partial charge in [-0.2, -0.15) is 9.59 Å². The number of piperidine rings is 1. The van der Waals surface area contributed by atoms with E-state index in [1.54, 1.807) is 4.90 Å². The first-order valence-electron chi connectivity index (χ1n) is 12.9. The molecular weight excluding hydrogens is 501 g/mol. The van der Waals surface area contributed by atoms with E-state index >= 15 is 0 Å². The second-order valence-electron chi connectivity index (χ2n) is 10.5. The van der Waals surface area contributed by atoms with Crippen molar-refractivity contribution in [1.82, 2.24) is 4.90 Å². The highest BCUT2D eigenvalue weighted by Crippen LogP contribution is 2.52. The van der Waals surface area contributed by atoms with Crippen molar-refractivity contribution in [2.45, 2.75) is 68.9 Å². The highest BCUT2D eigenvalue weighted by Gasteiger charge is 2.47. The van der Waals surface area contributed by atoms with E-state index < -0.39 is 12.0 Å². The second-order valence-corrected chi connectivity index (χ2v) is 10.5. The number of likely N-dealkylation sites (tertiary alicyclic amines) is 1. The summed E-state index contributed by atoms with van der Waals surface area (Å²) in [5.74, 6) is 0.385. The van der Waals surface area contributed by atoms with Crippen LogP contribution in [0.3, 0.4) is 0 Å². The first-order valence-corrected chi connectivity index (χ1v) is 12.9. The number of nitrogens with zero attached hydrogens (tertiary/aromatic N) is 2. The molecule has 2 aromatic carbocycles. The molecule has 2 saturated carbocycles. The number of halogens is 3. The summed E-state index contributed by atoms with van der Waals surface area (Å²) in [6.07, 6.45) is 0.406. The molecule has 0 radical (unpaired) electrons. The lowest BCUT2D eigenvalue weighted by Crippen LogP contribution is -2.46. The predicted molar refractivity (Wildman–Crippen MR) is 130 cm³/mol. The molecule has 2 saturated heterocycles. The normalized spacial score (nSPS) is 20.9. The van der Waals surface area contributed by atoms with Crippen molar-refractivity contribution in [2.24, 2.45) is 0 Å². The quantitative estimate of drug-likeness (QED) is 0.474. The van der Waals surface area contributed by atoms with Crippen LogP contribution in [0, 0.1) is 0 Å². The van der Waals surface area contributed by atoms with Gasteiger partial charge in [0.2, 0.25) is 0 Å².